The number of aryl methyl sites for hydroxylation is 2. The van der Waals surface area contributed by atoms with Gasteiger partial charge in [0, 0.05) is 12.4 Å². The van der Waals surface area contributed by atoms with Crippen molar-refractivity contribution in [2.75, 3.05) is 0 Å². The van der Waals surface area contributed by atoms with Gasteiger partial charge in [0.15, 0.2) is 5.65 Å². The van der Waals surface area contributed by atoms with Crippen LogP contribution in [0.4, 0.5) is 0 Å². The van der Waals surface area contributed by atoms with Gasteiger partial charge in [-0.1, -0.05) is 0 Å². The molecule has 0 amide bonds. The van der Waals surface area contributed by atoms with E-state index in [1.54, 1.807) is 0 Å². The Morgan fingerprint density at radius 2 is 2.00 bits per heavy atom. The van der Waals surface area contributed by atoms with E-state index in [2.05, 4.69) is 32.6 Å². The van der Waals surface area contributed by atoms with Crippen LogP contribution >= 0.6 is 22.6 Å². The highest BCUT2D eigenvalue weighted by Crippen LogP contribution is 2.10. The fraction of sp³-hybridized carbons (Fsp3) is 0.250. The Morgan fingerprint density at radius 3 is 2.75 bits per heavy atom. The molecule has 0 aromatic carbocycles. The monoisotopic (exact) mass is 273 g/mol. The summed E-state index contributed by atoms with van der Waals surface area (Å²) in [5.74, 6) is 0. The molecule has 62 valence electrons. The lowest BCUT2D eigenvalue weighted by atomic mass is 10.5. The van der Waals surface area contributed by atoms with Crippen molar-refractivity contribution >= 4 is 28.2 Å². The van der Waals surface area contributed by atoms with Crippen molar-refractivity contribution < 1.29 is 0 Å². The molecule has 0 fully saturated rings. The molecule has 0 radical (unpaired) electrons. The van der Waals surface area contributed by atoms with Gasteiger partial charge in [-0.25, -0.2) is 9.97 Å². The minimum atomic E-state index is 0.952. The Kier molecular flexibility index (Phi) is 1.79. The van der Waals surface area contributed by atoms with E-state index in [0.29, 0.717) is 0 Å². The first-order chi connectivity index (χ1) is 5.66. The van der Waals surface area contributed by atoms with Gasteiger partial charge in [0.05, 0.1) is 11.4 Å². The summed E-state index contributed by atoms with van der Waals surface area (Å²) in [6.07, 6.45) is 3.98. The highest BCUT2D eigenvalue weighted by Gasteiger charge is 2.02. The molecular weight excluding hydrogens is 265 g/mol. The van der Waals surface area contributed by atoms with E-state index in [0.717, 1.165) is 20.7 Å². The molecule has 2 aromatic rings. The molecular formula is C8H8IN3. The van der Waals surface area contributed by atoms with Crippen molar-refractivity contribution in [1.82, 2.24) is 14.4 Å². The van der Waals surface area contributed by atoms with E-state index in [1.807, 2.05) is 30.6 Å². The van der Waals surface area contributed by atoms with Crippen LogP contribution in [0.25, 0.3) is 5.65 Å². The maximum atomic E-state index is 4.35. The Morgan fingerprint density at radius 1 is 1.25 bits per heavy atom. The summed E-state index contributed by atoms with van der Waals surface area (Å²) in [4.78, 5) is 8.67. The van der Waals surface area contributed by atoms with Gasteiger partial charge >= 0.3 is 0 Å². The normalized spacial score (nSPS) is 10.9. The third-order valence-corrected chi connectivity index (χ3v) is 2.22. The van der Waals surface area contributed by atoms with Crippen molar-refractivity contribution in [2.45, 2.75) is 13.8 Å². The summed E-state index contributed by atoms with van der Waals surface area (Å²) in [6.45, 7) is 3.96. The summed E-state index contributed by atoms with van der Waals surface area (Å²) < 4.78 is 3.01. The third-order valence-electron chi connectivity index (χ3n) is 1.70. The molecule has 0 N–H and O–H groups in total. The molecule has 2 aromatic heterocycles. The summed E-state index contributed by atoms with van der Waals surface area (Å²) in [7, 11) is 0. The van der Waals surface area contributed by atoms with Crippen molar-refractivity contribution in [3.63, 3.8) is 0 Å². The number of imidazole rings is 1. The Labute approximate surface area is 84.0 Å². The molecule has 2 rings (SSSR count). The summed E-state index contributed by atoms with van der Waals surface area (Å²) >= 11 is 2.20. The Balaban J connectivity index is 2.88. The van der Waals surface area contributed by atoms with Crippen LogP contribution in [0.15, 0.2) is 12.4 Å². The van der Waals surface area contributed by atoms with Crippen molar-refractivity contribution in [1.29, 1.82) is 0 Å². The van der Waals surface area contributed by atoms with Crippen LogP contribution in [-0.4, -0.2) is 14.4 Å². The third kappa shape index (κ3) is 1.20. The zero-order valence-electron chi connectivity index (χ0n) is 6.87. The molecule has 0 spiro atoms. The minimum Gasteiger partial charge on any atom is -0.303 e. The second-order valence-corrected chi connectivity index (χ2v) is 3.87. The fourth-order valence-corrected chi connectivity index (χ4v) is 1.90. The fourth-order valence-electron chi connectivity index (χ4n) is 1.24. The second-order valence-electron chi connectivity index (χ2n) is 2.76. The van der Waals surface area contributed by atoms with Gasteiger partial charge in [-0.05, 0) is 36.4 Å². The van der Waals surface area contributed by atoms with Crippen molar-refractivity contribution in [2.24, 2.45) is 0 Å². The highest BCUT2D eigenvalue weighted by molar-refractivity contribution is 14.1. The summed E-state index contributed by atoms with van der Waals surface area (Å²) in [5, 5.41) is 0. The molecule has 4 heteroatoms. The number of fused-ring (bicyclic) bond motifs is 1. The zero-order chi connectivity index (χ0) is 8.72. The smallest absolute Gasteiger partial charge is 0.158 e. The van der Waals surface area contributed by atoms with Gasteiger partial charge in [-0.2, -0.15) is 0 Å². The molecule has 0 saturated carbocycles. The molecule has 3 nitrogen and oxygen atoms in total. The Hall–Kier alpha value is -0.650. The van der Waals surface area contributed by atoms with E-state index in [4.69, 9.17) is 0 Å². The van der Waals surface area contributed by atoms with Crippen LogP contribution in [0.5, 0.6) is 0 Å². The van der Waals surface area contributed by atoms with Gasteiger partial charge in [-0.15, -0.1) is 0 Å². The summed E-state index contributed by atoms with van der Waals surface area (Å²) in [5.41, 5.74) is 2.96. The number of aromatic nitrogens is 3. The number of hydrogen-bond acceptors (Lipinski definition) is 2. The molecule has 0 saturated heterocycles. The molecule has 0 atom stereocenters. The lowest BCUT2D eigenvalue weighted by molar-refractivity contribution is 1.05. The minimum absolute atomic E-state index is 0.952. The first-order valence-electron chi connectivity index (χ1n) is 3.65. The largest absolute Gasteiger partial charge is 0.303 e. The van der Waals surface area contributed by atoms with Gasteiger partial charge in [0.2, 0.25) is 0 Å². The Bertz CT molecular complexity index is 433. The highest BCUT2D eigenvalue weighted by atomic mass is 127. The molecule has 0 aliphatic carbocycles. The number of hydrogen-bond donors (Lipinski definition) is 0. The number of halogens is 1. The predicted molar refractivity (Wildman–Crippen MR) is 55.2 cm³/mol. The summed E-state index contributed by atoms with van der Waals surface area (Å²) in [6, 6.07) is 0. The molecule has 12 heavy (non-hydrogen) atoms. The predicted octanol–water partition coefficient (Wildman–Crippen LogP) is 1.95. The molecule has 0 aliphatic rings. The number of rotatable bonds is 0. The van der Waals surface area contributed by atoms with E-state index >= 15 is 0 Å². The zero-order valence-corrected chi connectivity index (χ0v) is 9.03. The maximum Gasteiger partial charge on any atom is 0.158 e. The van der Waals surface area contributed by atoms with Crippen LogP contribution in [0.1, 0.15) is 11.4 Å². The molecule has 0 aliphatic heterocycles. The lowest BCUT2D eigenvalue weighted by Crippen LogP contribution is -1.93. The van der Waals surface area contributed by atoms with Gasteiger partial charge in [0.1, 0.15) is 3.70 Å². The molecule has 0 bridgehead atoms. The van der Waals surface area contributed by atoms with Crippen LogP contribution < -0.4 is 0 Å². The second kappa shape index (κ2) is 2.69. The molecule has 0 unspecified atom stereocenters. The maximum absolute atomic E-state index is 4.35. The van der Waals surface area contributed by atoms with E-state index in [-0.39, 0.29) is 0 Å². The van der Waals surface area contributed by atoms with Gasteiger partial charge in [0.25, 0.3) is 0 Å². The molecule has 2 heterocycles. The first kappa shape index (κ1) is 7.97. The van der Waals surface area contributed by atoms with E-state index < -0.39 is 0 Å². The number of nitrogens with zero attached hydrogens (tertiary/aromatic N) is 3. The van der Waals surface area contributed by atoms with Crippen LogP contribution in [0.2, 0.25) is 0 Å². The van der Waals surface area contributed by atoms with E-state index in [9.17, 15) is 0 Å². The first-order valence-corrected chi connectivity index (χ1v) is 4.73. The standard InChI is InChI=1S/C8H8IN3/c1-5-3-12-4-7(9)11-6(2)8(12)10-5/h3-4H,1-2H3. The topological polar surface area (TPSA) is 30.2 Å². The lowest BCUT2D eigenvalue weighted by Gasteiger charge is -1.96. The average Bonchev–Trinajstić information content (AvgIpc) is 2.29. The SMILES string of the molecule is Cc1cn2cc(I)nc(C)c2n1. The van der Waals surface area contributed by atoms with Crippen LogP contribution in [0, 0.1) is 17.5 Å². The van der Waals surface area contributed by atoms with Crippen LogP contribution in [0.3, 0.4) is 0 Å². The van der Waals surface area contributed by atoms with Crippen molar-refractivity contribution in [3.05, 3.63) is 27.5 Å². The average molecular weight is 273 g/mol. The van der Waals surface area contributed by atoms with Gasteiger partial charge in [-0.3, -0.25) is 0 Å². The quantitative estimate of drug-likeness (QED) is 0.687. The van der Waals surface area contributed by atoms with Crippen molar-refractivity contribution in [3.8, 4) is 0 Å². The van der Waals surface area contributed by atoms with Gasteiger partial charge < -0.3 is 4.40 Å². The van der Waals surface area contributed by atoms with Crippen LogP contribution in [-0.2, 0) is 0 Å². The van der Waals surface area contributed by atoms with E-state index in [1.165, 1.54) is 0 Å².